The van der Waals surface area contributed by atoms with Crippen LogP contribution in [0.5, 0.6) is 0 Å². The van der Waals surface area contributed by atoms with Crippen molar-refractivity contribution in [1.82, 2.24) is 16.0 Å². The molecule has 0 fully saturated rings. The summed E-state index contributed by atoms with van der Waals surface area (Å²) in [6, 6.07) is -0.564. The van der Waals surface area contributed by atoms with E-state index < -0.39 is 6.03 Å². The van der Waals surface area contributed by atoms with Gasteiger partial charge in [-0.05, 0) is 6.08 Å². The summed E-state index contributed by atoms with van der Waals surface area (Å²) < 4.78 is 0. The molecule has 1 aliphatic rings. The van der Waals surface area contributed by atoms with Gasteiger partial charge in [-0.15, -0.1) is 5.12 Å². The van der Waals surface area contributed by atoms with Crippen molar-refractivity contribution in [3.8, 4) is 0 Å². The summed E-state index contributed by atoms with van der Waals surface area (Å²) in [4.78, 5) is 10.2. The fraction of sp³-hybridized carbons (Fsp3) is 0.250. The summed E-state index contributed by atoms with van der Waals surface area (Å²) in [6.45, 7) is 0.642. The first-order chi connectivity index (χ1) is 4.29. The molecule has 1 aliphatic heterocycles. The Kier molecular flexibility index (Phi) is 1.55. The van der Waals surface area contributed by atoms with Crippen LogP contribution in [0.3, 0.4) is 0 Å². The molecule has 9 heavy (non-hydrogen) atoms. The van der Waals surface area contributed by atoms with Crippen molar-refractivity contribution < 1.29 is 4.79 Å². The molecule has 0 radical (unpaired) electrons. The van der Waals surface area contributed by atoms with Gasteiger partial charge in [0.15, 0.2) is 0 Å². The third-order valence-electron chi connectivity index (χ3n) is 0.881. The number of carbonyl (C=O) groups is 1. The Morgan fingerprint density at radius 2 is 2.67 bits per heavy atom. The smallest absolute Gasteiger partial charge is 0.328 e. The maximum atomic E-state index is 10.2. The van der Waals surface area contributed by atoms with Crippen LogP contribution in [0.15, 0.2) is 12.3 Å². The van der Waals surface area contributed by atoms with Gasteiger partial charge in [0.2, 0.25) is 0 Å². The lowest BCUT2D eigenvalue weighted by Crippen LogP contribution is -2.48. The largest absolute Gasteiger partial charge is 0.351 e. The van der Waals surface area contributed by atoms with E-state index in [4.69, 9.17) is 5.73 Å². The van der Waals surface area contributed by atoms with E-state index in [1.807, 2.05) is 6.08 Å². The summed E-state index contributed by atoms with van der Waals surface area (Å²) in [5.41, 5.74) is 9.88. The van der Waals surface area contributed by atoms with Gasteiger partial charge in [-0.3, -0.25) is 5.43 Å². The summed E-state index contributed by atoms with van der Waals surface area (Å²) in [6.07, 6.45) is 3.58. The van der Waals surface area contributed by atoms with Gasteiger partial charge in [0.1, 0.15) is 0 Å². The van der Waals surface area contributed by atoms with Crippen LogP contribution in [0.4, 0.5) is 4.79 Å². The third-order valence-corrected chi connectivity index (χ3v) is 0.881. The maximum Gasteiger partial charge on any atom is 0.328 e. The lowest BCUT2D eigenvalue weighted by atomic mass is 10.6. The van der Waals surface area contributed by atoms with E-state index in [9.17, 15) is 4.79 Å². The summed E-state index contributed by atoms with van der Waals surface area (Å²) in [7, 11) is 0. The van der Waals surface area contributed by atoms with Gasteiger partial charge in [-0.25, -0.2) is 4.79 Å². The molecule has 0 atom stereocenters. The second-order valence-corrected chi connectivity index (χ2v) is 1.62. The number of rotatable bonds is 1. The van der Waals surface area contributed by atoms with E-state index >= 15 is 0 Å². The van der Waals surface area contributed by atoms with Gasteiger partial charge in [-0.1, -0.05) is 0 Å². The molecule has 4 N–H and O–H groups in total. The minimum atomic E-state index is -0.564. The van der Waals surface area contributed by atoms with Gasteiger partial charge >= 0.3 is 6.03 Å². The number of carbonyl (C=O) groups excluding carboxylic acids is 1. The molecule has 0 aromatic carbocycles. The van der Waals surface area contributed by atoms with Gasteiger partial charge in [0.05, 0.1) is 6.54 Å². The van der Waals surface area contributed by atoms with E-state index in [1.165, 1.54) is 5.12 Å². The minimum absolute atomic E-state index is 0.564. The molecule has 1 rings (SSSR count). The lowest BCUT2D eigenvalue weighted by Gasteiger charge is -2.14. The van der Waals surface area contributed by atoms with Crippen molar-refractivity contribution in [3.05, 3.63) is 12.3 Å². The number of nitrogens with two attached hydrogens (primary N) is 1. The van der Waals surface area contributed by atoms with E-state index in [0.717, 1.165) is 0 Å². The van der Waals surface area contributed by atoms with Gasteiger partial charge in [0.25, 0.3) is 0 Å². The Morgan fingerprint density at radius 1 is 1.89 bits per heavy atom. The second-order valence-electron chi connectivity index (χ2n) is 1.62. The van der Waals surface area contributed by atoms with E-state index in [2.05, 4.69) is 10.9 Å². The Morgan fingerprint density at radius 3 is 3.11 bits per heavy atom. The van der Waals surface area contributed by atoms with Crippen LogP contribution in [0.2, 0.25) is 0 Å². The van der Waals surface area contributed by atoms with Gasteiger partial charge < -0.3 is 11.2 Å². The highest BCUT2D eigenvalue weighted by atomic mass is 16.2. The molecule has 0 bridgehead atoms. The average molecular weight is 128 g/mol. The van der Waals surface area contributed by atoms with Crippen LogP contribution in [-0.4, -0.2) is 17.7 Å². The first-order valence-electron chi connectivity index (χ1n) is 2.54. The first kappa shape index (κ1) is 5.90. The molecule has 0 spiro atoms. The lowest BCUT2D eigenvalue weighted by molar-refractivity contribution is 0.175. The zero-order chi connectivity index (χ0) is 6.69. The normalized spacial score (nSPS) is 17.3. The molecule has 0 unspecified atom stereocenters. The highest BCUT2D eigenvalue weighted by Gasteiger charge is 2.04. The van der Waals surface area contributed by atoms with Crippen molar-refractivity contribution in [3.63, 3.8) is 0 Å². The zero-order valence-corrected chi connectivity index (χ0v) is 4.79. The topological polar surface area (TPSA) is 70.4 Å². The van der Waals surface area contributed by atoms with Gasteiger partial charge in [-0.2, -0.15) is 0 Å². The van der Waals surface area contributed by atoms with Crippen molar-refractivity contribution in [1.29, 1.82) is 0 Å². The van der Waals surface area contributed by atoms with Crippen LogP contribution in [0, 0.1) is 0 Å². The Hall–Kier alpha value is -1.23. The zero-order valence-electron chi connectivity index (χ0n) is 4.79. The Labute approximate surface area is 52.4 Å². The molecule has 0 aliphatic carbocycles. The Balaban J connectivity index is 2.22. The van der Waals surface area contributed by atoms with E-state index in [-0.39, 0.29) is 0 Å². The Bertz CT molecular complexity index is 136. The van der Waals surface area contributed by atoms with E-state index in [1.54, 1.807) is 6.20 Å². The number of hydrogen-bond acceptors (Lipinski definition) is 3. The van der Waals surface area contributed by atoms with Crippen LogP contribution >= 0.6 is 0 Å². The van der Waals surface area contributed by atoms with Crippen molar-refractivity contribution >= 4 is 6.03 Å². The number of urea groups is 1. The number of nitrogens with one attached hydrogen (secondary N) is 2. The molecule has 5 heteroatoms. The monoisotopic (exact) mass is 128 g/mol. The fourth-order valence-corrected chi connectivity index (χ4v) is 0.564. The SMILES string of the molecule is NC(=O)NN1CC=CN1. The molecule has 50 valence electrons. The molecule has 0 saturated carbocycles. The highest BCUT2D eigenvalue weighted by molar-refractivity contribution is 5.70. The first-order valence-corrected chi connectivity index (χ1v) is 2.54. The van der Waals surface area contributed by atoms with Crippen molar-refractivity contribution in [2.45, 2.75) is 0 Å². The molecule has 0 aromatic heterocycles. The third kappa shape index (κ3) is 1.61. The summed E-state index contributed by atoms with van der Waals surface area (Å²) in [5, 5.41) is 1.47. The standard InChI is InChI=1S/C4H8N4O/c5-4(9)7-8-3-1-2-6-8/h1-2,6H,3H2,(H3,5,7,9). The van der Waals surface area contributed by atoms with Crippen LogP contribution in [-0.2, 0) is 0 Å². The summed E-state index contributed by atoms with van der Waals surface area (Å²) in [5.74, 6) is 0. The predicted molar refractivity (Wildman–Crippen MR) is 31.7 cm³/mol. The summed E-state index contributed by atoms with van der Waals surface area (Å²) >= 11 is 0. The van der Waals surface area contributed by atoms with E-state index in [0.29, 0.717) is 6.54 Å². The van der Waals surface area contributed by atoms with Gasteiger partial charge in [0, 0.05) is 6.20 Å². The average Bonchev–Trinajstić information content (AvgIpc) is 2.15. The number of primary amides is 1. The van der Waals surface area contributed by atoms with Crippen molar-refractivity contribution in [2.24, 2.45) is 5.73 Å². The number of hydrogen-bond donors (Lipinski definition) is 3. The van der Waals surface area contributed by atoms with Crippen LogP contribution < -0.4 is 16.6 Å². The maximum absolute atomic E-state index is 10.2. The second kappa shape index (κ2) is 2.36. The molecule has 1 heterocycles. The number of hydrazine groups is 2. The quantitative estimate of drug-likeness (QED) is 0.420. The number of amides is 2. The molecule has 0 saturated heterocycles. The molecule has 0 aromatic rings. The van der Waals surface area contributed by atoms with Crippen LogP contribution in [0.1, 0.15) is 0 Å². The fourth-order valence-electron chi connectivity index (χ4n) is 0.564. The molecular formula is C4H8N4O. The van der Waals surface area contributed by atoms with Crippen molar-refractivity contribution in [2.75, 3.05) is 6.54 Å². The molecular weight excluding hydrogens is 120 g/mol. The van der Waals surface area contributed by atoms with Crippen LogP contribution in [0.25, 0.3) is 0 Å². The highest BCUT2D eigenvalue weighted by Crippen LogP contribution is 1.84. The molecule has 5 nitrogen and oxygen atoms in total. The minimum Gasteiger partial charge on any atom is -0.351 e. The number of nitrogens with zero attached hydrogens (tertiary/aromatic N) is 1. The molecule has 2 amide bonds. The predicted octanol–water partition coefficient (Wildman–Crippen LogP) is -1.10.